The number of rotatable bonds is 4. The van der Waals surface area contributed by atoms with Crippen molar-refractivity contribution in [3.8, 4) is 0 Å². The molecule has 182 valence electrons. The van der Waals surface area contributed by atoms with Crippen LogP contribution in [-0.4, -0.2) is 41.0 Å². The van der Waals surface area contributed by atoms with E-state index in [1.807, 2.05) is 30.9 Å². The molecule has 2 aromatic rings. The molecule has 1 aliphatic carbocycles. The van der Waals surface area contributed by atoms with Crippen molar-refractivity contribution in [3.63, 3.8) is 0 Å². The molecule has 2 amide bonds. The van der Waals surface area contributed by atoms with Gasteiger partial charge in [0, 0.05) is 40.2 Å². The highest BCUT2D eigenvalue weighted by Crippen LogP contribution is 2.46. The van der Waals surface area contributed by atoms with E-state index in [2.05, 4.69) is 5.32 Å². The average Bonchev–Trinajstić information content (AvgIpc) is 2.81. The van der Waals surface area contributed by atoms with Crippen LogP contribution in [-0.2, 0) is 10.4 Å². The van der Waals surface area contributed by atoms with Crippen LogP contribution in [0.5, 0.6) is 0 Å². The number of hydrogen-bond acceptors (Lipinski definition) is 3. The molecule has 0 unspecified atom stereocenters. The third-order valence-corrected chi connectivity index (χ3v) is 8.09. The molecule has 0 bridgehead atoms. The Hall–Kier alpha value is -2.08. The van der Waals surface area contributed by atoms with Crippen LogP contribution in [0.2, 0.25) is 10.0 Å². The van der Waals surface area contributed by atoms with Gasteiger partial charge in [-0.25, -0.2) is 0 Å². The first-order valence-corrected chi connectivity index (χ1v) is 12.7. The number of carbonyl (C=O) groups is 2. The molecule has 1 aliphatic heterocycles. The highest BCUT2D eigenvalue weighted by molar-refractivity contribution is 6.30. The maximum atomic E-state index is 13.7. The zero-order chi connectivity index (χ0) is 24.5. The second kappa shape index (κ2) is 9.88. The lowest BCUT2D eigenvalue weighted by Gasteiger charge is -2.51. The Morgan fingerprint density at radius 3 is 2.18 bits per heavy atom. The molecular formula is C27H32Cl2N2O3. The van der Waals surface area contributed by atoms with Crippen molar-refractivity contribution in [2.24, 2.45) is 11.3 Å². The molecule has 0 aromatic heterocycles. The monoisotopic (exact) mass is 502 g/mol. The van der Waals surface area contributed by atoms with Gasteiger partial charge in [-0.1, -0.05) is 62.0 Å². The molecule has 7 heteroatoms. The number of likely N-dealkylation sites (tertiary alicyclic amines) is 1. The molecule has 34 heavy (non-hydrogen) atoms. The maximum Gasteiger partial charge on any atom is 0.251 e. The van der Waals surface area contributed by atoms with Crippen LogP contribution >= 0.6 is 23.2 Å². The first-order chi connectivity index (χ1) is 16.1. The second-order valence-electron chi connectivity index (χ2n) is 10.2. The van der Waals surface area contributed by atoms with Crippen LogP contribution in [0.4, 0.5) is 0 Å². The summed E-state index contributed by atoms with van der Waals surface area (Å²) in [5, 5.41) is 15.9. The predicted molar refractivity (Wildman–Crippen MR) is 135 cm³/mol. The van der Waals surface area contributed by atoms with E-state index in [4.69, 9.17) is 23.2 Å². The number of amides is 2. The van der Waals surface area contributed by atoms with Gasteiger partial charge in [0.2, 0.25) is 5.91 Å². The fraction of sp³-hybridized carbons (Fsp3) is 0.481. The van der Waals surface area contributed by atoms with Crippen molar-refractivity contribution in [3.05, 3.63) is 69.7 Å². The number of nitrogens with zero attached hydrogens (tertiary/aromatic N) is 1. The van der Waals surface area contributed by atoms with Crippen LogP contribution in [0.25, 0.3) is 0 Å². The summed E-state index contributed by atoms with van der Waals surface area (Å²) >= 11 is 12.0. The quantitative estimate of drug-likeness (QED) is 0.585. The van der Waals surface area contributed by atoms with Gasteiger partial charge in [-0.2, -0.15) is 0 Å². The van der Waals surface area contributed by atoms with Gasteiger partial charge < -0.3 is 15.3 Å². The van der Waals surface area contributed by atoms with E-state index < -0.39 is 11.0 Å². The molecule has 3 atom stereocenters. The topological polar surface area (TPSA) is 69.6 Å². The Balaban J connectivity index is 1.47. The molecule has 0 radical (unpaired) electrons. The highest BCUT2D eigenvalue weighted by atomic mass is 35.5. The van der Waals surface area contributed by atoms with E-state index in [1.54, 1.807) is 36.4 Å². The van der Waals surface area contributed by atoms with Crippen LogP contribution in [0.3, 0.4) is 0 Å². The van der Waals surface area contributed by atoms with E-state index in [1.165, 1.54) is 0 Å². The Kier molecular flexibility index (Phi) is 7.28. The van der Waals surface area contributed by atoms with Gasteiger partial charge in [-0.3, -0.25) is 9.59 Å². The van der Waals surface area contributed by atoms with Gasteiger partial charge in [0.25, 0.3) is 5.91 Å². The number of aliphatic hydroxyl groups is 1. The Bertz CT molecular complexity index is 1040. The normalized spacial score (nSPS) is 26.7. The van der Waals surface area contributed by atoms with Crippen molar-refractivity contribution >= 4 is 35.0 Å². The first kappa shape index (κ1) is 25.0. The van der Waals surface area contributed by atoms with E-state index in [0.717, 1.165) is 31.2 Å². The van der Waals surface area contributed by atoms with Gasteiger partial charge in [0.05, 0.1) is 11.5 Å². The van der Waals surface area contributed by atoms with Crippen molar-refractivity contribution in [2.45, 2.75) is 57.6 Å². The van der Waals surface area contributed by atoms with Gasteiger partial charge in [-0.05, 0) is 61.2 Å². The number of nitrogens with one attached hydrogen (secondary N) is 1. The van der Waals surface area contributed by atoms with Crippen LogP contribution in [0, 0.1) is 11.3 Å². The largest absolute Gasteiger partial charge is 0.384 e. The maximum absolute atomic E-state index is 13.7. The van der Waals surface area contributed by atoms with Crippen LogP contribution in [0.1, 0.15) is 61.9 Å². The number of carbonyl (C=O) groups excluding carboxylic acids is 2. The summed E-state index contributed by atoms with van der Waals surface area (Å²) in [5.41, 5.74) is -0.248. The zero-order valence-corrected chi connectivity index (χ0v) is 21.2. The van der Waals surface area contributed by atoms with E-state index in [0.29, 0.717) is 35.1 Å². The van der Waals surface area contributed by atoms with Gasteiger partial charge in [0.1, 0.15) is 0 Å². The lowest BCUT2D eigenvalue weighted by molar-refractivity contribution is -0.158. The van der Waals surface area contributed by atoms with Gasteiger partial charge in [0.15, 0.2) is 0 Å². The first-order valence-electron chi connectivity index (χ1n) is 11.9. The Morgan fingerprint density at radius 2 is 1.56 bits per heavy atom. The number of piperidine rings is 1. The molecule has 2 aromatic carbocycles. The number of hydrogen-bond donors (Lipinski definition) is 2. The molecule has 4 rings (SSSR count). The van der Waals surface area contributed by atoms with Crippen LogP contribution in [0.15, 0.2) is 48.5 Å². The summed E-state index contributed by atoms with van der Waals surface area (Å²) in [5.74, 6) is -0.382. The fourth-order valence-electron chi connectivity index (χ4n) is 5.46. The summed E-state index contributed by atoms with van der Waals surface area (Å²) in [6.45, 7) is 4.92. The summed E-state index contributed by atoms with van der Waals surface area (Å²) in [6.07, 6.45) is 3.93. The van der Waals surface area contributed by atoms with E-state index in [-0.39, 0.29) is 23.8 Å². The minimum atomic E-state index is -1.05. The summed E-state index contributed by atoms with van der Waals surface area (Å²) in [7, 11) is 0. The van der Waals surface area contributed by atoms with Gasteiger partial charge in [-0.15, -0.1) is 0 Å². The minimum absolute atomic E-state index is 0.0623. The standard InChI is InChI=1S/C27H32Cl2N2O3/c1-26(2)17-31(16-15-27(26,34)19-9-13-21(29)14-10-19)25(33)22-5-3-4-6-23(22)30-24(32)18-7-11-20(28)12-8-18/h7-14,22-23,34H,3-6,15-17H2,1-2H3,(H,30,32)/t22-,23+,27-/m0/s1. The molecule has 2 N–H and O–H groups in total. The smallest absolute Gasteiger partial charge is 0.251 e. The van der Waals surface area contributed by atoms with Crippen molar-refractivity contribution in [2.75, 3.05) is 13.1 Å². The van der Waals surface area contributed by atoms with Crippen LogP contribution < -0.4 is 5.32 Å². The molecule has 0 spiro atoms. The van der Waals surface area contributed by atoms with Crippen molar-refractivity contribution in [1.82, 2.24) is 10.2 Å². The average molecular weight is 503 g/mol. The summed E-state index contributed by atoms with van der Waals surface area (Å²) in [4.78, 5) is 28.4. The molecule has 5 nitrogen and oxygen atoms in total. The van der Waals surface area contributed by atoms with E-state index in [9.17, 15) is 14.7 Å². The lowest BCUT2D eigenvalue weighted by Crippen LogP contribution is -2.59. The van der Waals surface area contributed by atoms with E-state index >= 15 is 0 Å². The molecule has 2 fully saturated rings. The third kappa shape index (κ3) is 4.98. The molecule has 1 saturated heterocycles. The SMILES string of the molecule is CC1(C)CN(C(=O)[C@H]2CCCC[C@H]2NC(=O)c2ccc(Cl)cc2)CC[C@]1(O)c1ccc(Cl)cc1. The zero-order valence-electron chi connectivity index (χ0n) is 19.7. The number of halogens is 2. The third-order valence-electron chi connectivity index (χ3n) is 7.59. The van der Waals surface area contributed by atoms with Gasteiger partial charge >= 0.3 is 0 Å². The Morgan fingerprint density at radius 1 is 0.971 bits per heavy atom. The second-order valence-corrected chi connectivity index (χ2v) is 11.1. The van der Waals surface area contributed by atoms with Crippen molar-refractivity contribution in [1.29, 1.82) is 0 Å². The molecule has 2 aliphatic rings. The summed E-state index contributed by atoms with van der Waals surface area (Å²) < 4.78 is 0. The molecule has 1 heterocycles. The van der Waals surface area contributed by atoms with Crippen molar-refractivity contribution < 1.29 is 14.7 Å². The fourth-order valence-corrected chi connectivity index (χ4v) is 5.71. The number of benzene rings is 2. The molecule has 1 saturated carbocycles. The highest BCUT2D eigenvalue weighted by Gasteiger charge is 2.50. The summed E-state index contributed by atoms with van der Waals surface area (Å²) in [6, 6.07) is 13.9. The predicted octanol–water partition coefficient (Wildman–Crippen LogP) is 5.43. The lowest BCUT2D eigenvalue weighted by atomic mass is 9.66. The molecular weight excluding hydrogens is 471 g/mol. The Labute approximate surface area is 211 Å². The minimum Gasteiger partial charge on any atom is -0.384 e.